The Morgan fingerprint density at radius 2 is 1.16 bits per heavy atom. The van der Waals surface area contributed by atoms with Gasteiger partial charge in [-0.1, -0.05) is 131 Å². The quantitative estimate of drug-likeness (QED) is 0.128. The topological polar surface area (TPSA) is 8.81 Å². The van der Waals surface area contributed by atoms with E-state index in [1.165, 1.54) is 97.6 Å². The molecule has 50 heavy (non-hydrogen) atoms. The summed E-state index contributed by atoms with van der Waals surface area (Å²) in [5.74, 6) is 1.88. The summed E-state index contributed by atoms with van der Waals surface area (Å²) in [5.41, 5.74) is 11.7. The first-order valence-electron chi connectivity index (χ1n) is 17.8. The van der Waals surface area contributed by atoms with Crippen LogP contribution in [0.3, 0.4) is 0 Å². The SMILES string of the molecule is Cc1ccc2c(sc3c2ccc2c4ccccc4ccc23)c1-c1n(-c2c(C(C)C)cc(-c3ccccc3)cc2C(C)C)c2ccccc2[n+]1C. The summed E-state index contributed by atoms with van der Waals surface area (Å²) >= 11 is 1.95. The van der Waals surface area contributed by atoms with E-state index in [0.717, 1.165) is 0 Å². The molecule has 9 rings (SSSR count). The van der Waals surface area contributed by atoms with E-state index in [-0.39, 0.29) is 0 Å². The van der Waals surface area contributed by atoms with E-state index >= 15 is 0 Å². The third-order valence-corrected chi connectivity index (χ3v) is 12.0. The van der Waals surface area contributed by atoms with Crippen LogP contribution in [0.4, 0.5) is 0 Å². The molecule has 244 valence electrons. The summed E-state index contributed by atoms with van der Waals surface area (Å²) in [6.45, 7) is 11.7. The molecule has 0 aliphatic carbocycles. The second-order valence-corrected chi connectivity index (χ2v) is 15.5. The van der Waals surface area contributed by atoms with E-state index in [1.54, 1.807) is 0 Å². The Bertz CT molecular complexity index is 2750. The van der Waals surface area contributed by atoms with Gasteiger partial charge in [-0.3, -0.25) is 0 Å². The van der Waals surface area contributed by atoms with Crippen molar-refractivity contribution in [3.63, 3.8) is 0 Å². The van der Waals surface area contributed by atoms with Crippen LogP contribution in [-0.4, -0.2) is 4.57 Å². The van der Waals surface area contributed by atoms with Gasteiger partial charge in [0, 0.05) is 32.0 Å². The van der Waals surface area contributed by atoms with Gasteiger partial charge in [-0.25, -0.2) is 4.57 Å². The Kier molecular flexibility index (Phi) is 7.19. The summed E-state index contributed by atoms with van der Waals surface area (Å²) in [4.78, 5) is 0. The number of para-hydroxylation sites is 2. The van der Waals surface area contributed by atoms with Gasteiger partial charge in [0.05, 0.1) is 17.3 Å². The Hall–Kier alpha value is -5.25. The average molecular weight is 666 g/mol. The average Bonchev–Trinajstić information content (AvgIpc) is 3.66. The molecule has 2 nitrogen and oxygen atoms in total. The summed E-state index contributed by atoms with van der Waals surface area (Å²) in [6, 6.07) is 47.4. The van der Waals surface area contributed by atoms with Crippen LogP contribution in [0.25, 0.3) is 81.0 Å². The Balaban J connectivity index is 1.41. The van der Waals surface area contributed by atoms with Crippen molar-refractivity contribution in [1.29, 1.82) is 0 Å². The van der Waals surface area contributed by atoms with Gasteiger partial charge in [0.2, 0.25) is 0 Å². The summed E-state index contributed by atoms with van der Waals surface area (Å²) < 4.78 is 7.75. The highest BCUT2D eigenvalue weighted by atomic mass is 32.1. The molecule has 0 radical (unpaired) electrons. The number of nitrogens with zero attached hydrogens (tertiary/aromatic N) is 2. The molecule has 2 heterocycles. The van der Waals surface area contributed by atoms with E-state index in [2.05, 4.69) is 178 Å². The smallest absolute Gasteiger partial charge is 0.225 e. The first-order valence-corrected chi connectivity index (χ1v) is 18.6. The largest absolute Gasteiger partial charge is 0.296 e. The van der Waals surface area contributed by atoms with Crippen molar-refractivity contribution in [3.8, 4) is 28.2 Å². The summed E-state index contributed by atoms with van der Waals surface area (Å²) in [7, 11) is 2.25. The van der Waals surface area contributed by atoms with Crippen LogP contribution in [0.5, 0.6) is 0 Å². The zero-order valence-corrected chi connectivity index (χ0v) is 30.4. The van der Waals surface area contributed by atoms with Gasteiger partial charge in [-0.2, -0.15) is 4.57 Å². The highest BCUT2D eigenvalue weighted by Gasteiger charge is 2.33. The van der Waals surface area contributed by atoms with Gasteiger partial charge in [0.1, 0.15) is 5.69 Å². The van der Waals surface area contributed by atoms with Crippen LogP contribution < -0.4 is 4.57 Å². The number of aryl methyl sites for hydroxylation is 2. The molecule has 0 aliphatic heterocycles. The maximum atomic E-state index is 2.60. The molecular weight excluding hydrogens is 625 g/mol. The van der Waals surface area contributed by atoms with Crippen molar-refractivity contribution in [2.24, 2.45) is 7.05 Å². The van der Waals surface area contributed by atoms with Crippen molar-refractivity contribution >= 4 is 64.1 Å². The third-order valence-electron chi connectivity index (χ3n) is 10.7. The van der Waals surface area contributed by atoms with Gasteiger partial charge in [0.15, 0.2) is 11.0 Å². The molecule has 0 bridgehead atoms. The maximum absolute atomic E-state index is 2.60. The van der Waals surface area contributed by atoms with Crippen LogP contribution in [0, 0.1) is 6.92 Å². The predicted octanol–water partition coefficient (Wildman–Crippen LogP) is 13.0. The fraction of sp³-hybridized carbons (Fsp3) is 0.170. The highest BCUT2D eigenvalue weighted by molar-refractivity contribution is 7.27. The lowest BCUT2D eigenvalue weighted by molar-refractivity contribution is -0.633. The lowest BCUT2D eigenvalue weighted by atomic mass is 9.88. The molecule has 0 spiro atoms. The molecule has 9 aromatic rings. The molecule has 0 atom stereocenters. The lowest BCUT2D eigenvalue weighted by Gasteiger charge is -2.21. The molecule has 0 N–H and O–H groups in total. The second-order valence-electron chi connectivity index (χ2n) is 14.4. The zero-order chi connectivity index (χ0) is 34.3. The molecule has 3 heteroatoms. The highest BCUT2D eigenvalue weighted by Crippen LogP contribution is 2.46. The van der Waals surface area contributed by atoms with Crippen LogP contribution in [0.1, 0.15) is 56.2 Å². The number of aromatic nitrogens is 2. The zero-order valence-electron chi connectivity index (χ0n) is 29.6. The van der Waals surface area contributed by atoms with Crippen LogP contribution >= 0.6 is 11.3 Å². The van der Waals surface area contributed by atoms with Crippen LogP contribution in [-0.2, 0) is 7.05 Å². The first-order chi connectivity index (χ1) is 24.3. The Morgan fingerprint density at radius 1 is 0.560 bits per heavy atom. The number of hydrogen-bond acceptors (Lipinski definition) is 1. The van der Waals surface area contributed by atoms with Crippen molar-refractivity contribution in [3.05, 3.63) is 144 Å². The van der Waals surface area contributed by atoms with Gasteiger partial charge in [0.25, 0.3) is 5.82 Å². The van der Waals surface area contributed by atoms with Gasteiger partial charge >= 0.3 is 0 Å². The van der Waals surface area contributed by atoms with Crippen molar-refractivity contribution in [2.75, 3.05) is 0 Å². The lowest BCUT2D eigenvalue weighted by Crippen LogP contribution is -2.30. The van der Waals surface area contributed by atoms with E-state index in [9.17, 15) is 0 Å². The minimum absolute atomic E-state index is 0.327. The fourth-order valence-corrected chi connectivity index (χ4v) is 9.62. The van der Waals surface area contributed by atoms with Gasteiger partial charge in [-0.15, -0.1) is 11.3 Å². The molecule has 0 unspecified atom stereocenters. The van der Waals surface area contributed by atoms with E-state index in [1.807, 2.05) is 11.3 Å². The molecule has 0 fully saturated rings. The predicted molar refractivity (Wildman–Crippen MR) is 216 cm³/mol. The van der Waals surface area contributed by atoms with Gasteiger partial charge < -0.3 is 0 Å². The van der Waals surface area contributed by atoms with Crippen molar-refractivity contribution < 1.29 is 4.57 Å². The first kappa shape index (κ1) is 30.8. The van der Waals surface area contributed by atoms with E-state index < -0.39 is 0 Å². The number of benzene rings is 7. The third kappa shape index (κ3) is 4.57. The van der Waals surface area contributed by atoms with Crippen LogP contribution in [0.2, 0.25) is 0 Å². The van der Waals surface area contributed by atoms with Gasteiger partial charge in [-0.05, 0) is 75.9 Å². The molecule has 2 aromatic heterocycles. The van der Waals surface area contributed by atoms with Crippen molar-refractivity contribution in [1.82, 2.24) is 4.57 Å². The van der Waals surface area contributed by atoms with E-state index in [0.29, 0.717) is 11.8 Å². The number of rotatable bonds is 5. The summed E-state index contributed by atoms with van der Waals surface area (Å²) in [6.07, 6.45) is 0. The number of fused-ring (bicyclic) bond motifs is 8. The Morgan fingerprint density at radius 3 is 1.92 bits per heavy atom. The minimum atomic E-state index is 0.327. The van der Waals surface area contributed by atoms with Crippen LogP contribution in [0.15, 0.2) is 127 Å². The normalized spacial score (nSPS) is 12.2. The molecule has 7 aromatic carbocycles. The number of imidazole rings is 1. The molecule has 0 aliphatic rings. The number of hydrogen-bond donors (Lipinski definition) is 0. The molecular formula is C47H41N2S+. The minimum Gasteiger partial charge on any atom is -0.225 e. The maximum Gasteiger partial charge on any atom is 0.296 e. The second kappa shape index (κ2) is 11.7. The molecule has 0 amide bonds. The monoisotopic (exact) mass is 665 g/mol. The summed E-state index contributed by atoms with van der Waals surface area (Å²) in [5, 5.41) is 7.91. The standard InChI is InChI=1S/C47H41N2S/c1-28(2)39-26-33(31-14-8-7-9-15-31)27-40(29(3)4)44(39)49-42-19-13-12-18-41(42)48(6)47(49)43-30(5)20-22-38-37-25-24-35-34-17-11-10-16-32(34)21-23-36(35)45(37)50-46(38)43/h7-29H,1-6H3/q+1. The molecule has 0 saturated heterocycles. The fourth-order valence-electron chi connectivity index (χ4n) is 8.20. The van der Waals surface area contributed by atoms with E-state index in [4.69, 9.17) is 0 Å². The Labute approximate surface area is 297 Å². The molecule has 0 saturated carbocycles. The van der Waals surface area contributed by atoms with Crippen molar-refractivity contribution in [2.45, 2.75) is 46.5 Å². The number of thiophene rings is 1.